The summed E-state index contributed by atoms with van der Waals surface area (Å²) in [5.41, 5.74) is 0. The molecule has 252 valence electrons. The van der Waals surface area contributed by atoms with Crippen LogP contribution in [0.3, 0.4) is 0 Å². The molecule has 1 N–H and O–H groups in total. The van der Waals surface area contributed by atoms with Gasteiger partial charge in [-0.2, -0.15) is 0 Å². The van der Waals surface area contributed by atoms with Gasteiger partial charge in [-0.1, -0.05) is 213 Å². The quantitative estimate of drug-likeness (QED) is 0.0458. The summed E-state index contributed by atoms with van der Waals surface area (Å²) in [5.74, 6) is -0.300. The standard InChI is InChI=1S/C21H40O2.C18H38O/c1-3-5-6-7-8-9-10-11-12-13-14-15-16-17-18-19-20-23-21(22)4-2;1-2-3-4-5-6-7-8-9-10-11-12-13-14-15-16-17-18-19/h4H,2-3,5-20H2,1H3;19H,2-18H2,1H3. The molecule has 3 heteroatoms. The van der Waals surface area contributed by atoms with Crippen molar-refractivity contribution in [3.63, 3.8) is 0 Å². The molecule has 0 bridgehead atoms. The molecule has 0 aromatic heterocycles. The lowest BCUT2D eigenvalue weighted by Crippen LogP contribution is -2.01. The fourth-order valence-electron chi connectivity index (χ4n) is 5.54. The maximum atomic E-state index is 10.8. The molecule has 0 spiro atoms. The summed E-state index contributed by atoms with van der Waals surface area (Å²) in [6.07, 6.45) is 45.1. The molecular formula is C39H78O3. The molecule has 0 saturated heterocycles. The Morgan fingerprint density at radius 1 is 0.452 bits per heavy atom. The van der Waals surface area contributed by atoms with E-state index in [0.29, 0.717) is 13.2 Å². The smallest absolute Gasteiger partial charge is 0.330 e. The lowest BCUT2D eigenvalue weighted by Gasteiger charge is -2.04. The van der Waals surface area contributed by atoms with E-state index < -0.39 is 0 Å². The molecule has 0 aliphatic heterocycles. The number of aliphatic hydroxyl groups is 1. The Balaban J connectivity index is 0. The molecule has 0 atom stereocenters. The zero-order valence-corrected chi connectivity index (χ0v) is 29.1. The number of esters is 1. The third-order valence-electron chi connectivity index (χ3n) is 8.42. The van der Waals surface area contributed by atoms with Crippen molar-refractivity contribution in [3.8, 4) is 0 Å². The molecule has 3 nitrogen and oxygen atoms in total. The average Bonchev–Trinajstić information content (AvgIpc) is 3.00. The third kappa shape index (κ3) is 43.6. The van der Waals surface area contributed by atoms with Gasteiger partial charge in [0.2, 0.25) is 0 Å². The van der Waals surface area contributed by atoms with E-state index in [9.17, 15) is 4.79 Å². The minimum atomic E-state index is -0.300. The van der Waals surface area contributed by atoms with Crippen molar-refractivity contribution in [2.75, 3.05) is 13.2 Å². The van der Waals surface area contributed by atoms with Gasteiger partial charge in [-0.15, -0.1) is 0 Å². The van der Waals surface area contributed by atoms with E-state index in [1.54, 1.807) is 0 Å². The molecule has 0 aromatic rings. The molecule has 0 amide bonds. The van der Waals surface area contributed by atoms with Crippen molar-refractivity contribution >= 4 is 5.97 Å². The van der Waals surface area contributed by atoms with Crippen LogP contribution in [0.4, 0.5) is 0 Å². The highest BCUT2D eigenvalue weighted by Crippen LogP contribution is 2.15. The maximum absolute atomic E-state index is 10.8. The van der Waals surface area contributed by atoms with Gasteiger partial charge in [-0.25, -0.2) is 4.79 Å². The summed E-state index contributed by atoms with van der Waals surface area (Å²) in [6.45, 7) is 8.86. The van der Waals surface area contributed by atoms with Crippen LogP contribution in [0.1, 0.15) is 219 Å². The first kappa shape index (κ1) is 43.3. The second kappa shape index (κ2) is 42.3. The van der Waals surface area contributed by atoms with Gasteiger partial charge in [-0.05, 0) is 12.8 Å². The van der Waals surface area contributed by atoms with Gasteiger partial charge >= 0.3 is 5.97 Å². The first-order valence-corrected chi connectivity index (χ1v) is 19.1. The highest BCUT2D eigenvalue weighted by molar-refractivity contribution is 5.81. The second-order valence-corrected chi connectivity index (χ2v) is 12.7. The van der Waals surface area contributed by atoms with Gasteiger partial charge in [0.05, 0.1) is 6.61 Å². The number of hydrogen-bond acceptors (Lipinski definition) is 3. The van der Waals surface area contributed by atoms with E-state index in [1.165, 1.54) is 199 Å². The van der Waals surface area contributed by atoms with Gasteiger partial charge in [0.25, 0.3) is 0 Å². The molecule has 0 radical (unpaired) electrons. The summed E-state index contributed by atoms with van der Waals surface area (Å²) in [6, 6.07) is 0. The zero-order chi connectivity index (χ0) is 31.0. The largest absolute Gasteiger partial charge is 0.463 e. The summed E-state index contributed by atoms with van der Waals surface area (Å²) < 4.78 is 4.95. The lowest BCUT2D eigenvalue weighted by atomic mass is 10.0. The van der Waals surface area contributed by atoms with Crippen molar-refractivity contribution in [1.29, 1.82) is 0 Å². The normalized spacial score (nSPS) is 10.8. The van der Waals surface area contributed by atoms with Crippen LogP contribution in [-0.4, -0.2) is 24.3 Å². The Morgan fingerprint density at radius 2 is 0.690 bits per heavy atom. The van der Waals surface area contributed by atoms with E-state index in [0.717, 1.165) is 12.8 Å². The predicted molar refractivity (Wildman–Crippen MR) is 187 cm³/mol. The van der Waals surface area contributed by atoms with Crippen molar-refractivity contribution < 1.29 is 14.6 Å². The Morgan fingerprint density at radius 3 is 0.929 bits per heavy atom. The van der Waals surface area contributed by atoms with Crippen LogP contribution in [0.2, 0.25) is 0 Å². The number of ether oxygens (including phenoxy) is 1. The molecule has 42 heavy (non-hydrogen) atoms. The van der Waals surface area contributed by atoms with Crippen molar-refractivity contribution in [2.45, 2.75) is 219 Å². The van der Waals surface area contributed by atoms with Crippen LogP contribution >= 0.6 is 0 Å². The van der Waals surface area contributed by atoms with E-state index in [1.807, 2.05) is 0 Å². The Kier molecular flexibility index (Phi) is 43.6. The van der Waals surface area contributed by atoms with E-state index in [-0.39, 0.29) is 5.97 Å². The molecule has 0 aromatic carbocycles. The highest BCUT2D eigenvalue weighted by atomic mass is 16.5. The highest BCUT2D eigenvalue weighted by Gasteiger charge is 1.97. The van der Waals surface area contributed by atoms with E-state index in [2.05, 4.69) is 20.4 Å². The number of unbranched alkanes of at least 4 members (excludes halogenated alkanes) is 30. The maximum Gasteiger partial charge on any atom is 0.330 e. The van der Waals surface area contributed by atoms with Crippen molar-refractivity contribution in [3.05, 3.63) is 12.7 Å². The molecule has 0 rings (SSSR count). The number of carbonyl (C=O) groups excluding carboxylic acids is 1. The average molecular weight is 595 g/mol. The topological polar surface area (TPSA) is 46.5 Å². The van der Waals surface area contributed by atoms with Gasteiger partial charge < -0.3 is 9.84 Å². The molecule has 0 fully saturated rings. The molecule has 0 unspecified atom stereocenters. The zero-order valence-electron chi connectivity index (χ0n) is 29.1. The van der Waals surface area contributed by atoms with Crippen LogP contribution < -0.4 is 0 Å². The molecular weight excluding hydrogens is 516 g/mol. The first-order valence-electron chi connectivity index (χ1n) is 19.1. The van der Waals surface area contributed by atoms with Gasteiger partial charge in [0, 0.05) is 12.7 Å². The summed E-state index contributed by atoms with van der Waals surface area (Å²) in [4.78, 5) is 10.8. The Labute approximate surface area is 265 Å². The lowest BCUT2D eigenvalue weighted by molar-refractivity contribution is -0.137. The number of carbonyl (C=O) groups is 1. The number of hydrogen-bond donors (Lipinski definition) is 1. The van der Waals surface area contributed by atoms with Crippen molar-refractivity contribution in [2.24, 2.45) is 0 Å². The minimum Gasteiger partial charge on any atom is -0.463 e. The van der Waals surface area contributed by atoms with Gasteiger partial charge in [-0.3, -0.25) is 0 Å². The number of rotatable bonds is 34. The molecule has 0 heterocycles. The first-order chi connectivity index (χ1) is 20.7. The SMILES string of the molecule is C=CC(=O)OCCCCCCCCCCCCCCCCCC.CCCCCCCCCCCCCCCCCCO. The Hall–Kier alpha value is -0.830. The van der Waals surface area contributed by atoms with Crippen LogP contribution in [0.25, 0.3) is 0 Å². The van der Waals surface area contributed by atoms with Gasteiger partial charge in [0.1, 0.15) is 0 Å². The summed E-state index contributed by atoms with van der Waals surface area (Å²) in [5, 5.41) is 8.67. The number of aliphatic hydroxyl groups excluding tert-OH is 1. The third-order valence-corrected chi connectivity index (χ3v) is 8.42. The predicted octanol–water partition coefficient (Wildman–Crippen LogP) is 13.2. The van der Waals surface area contributed by atoms with Crippen molar-refractivity contribution in [1.82, 2.24) is 0 Å². The second-order valence-electron chi connectivity index (χ2n) is 12.7. The molecule has 0 aliphatic rings. The fourth-order valence-corrected chi connectivity index (χ4v) is 5.54. The molecule has 0 saturated carbocycles. The Bertz CT molecular complexity index is 474. The summed E-state index contributed by atoms with van der Waals surface area (Å²) >= 11 is 0. The summed E-state index contributed by atoms with van der Waals surface area (Å²) in [7, 11) is 0. The van der Waals surface area contributed by atoms with Crippen LogP contribution in [0, 0.1) is 0 Å². The van der Waals surface area contributed by atoms with Crippen LogP contribution in [0.5, 0.6) is 0 Å². The molecule has 0 aliphatic carbocycles. The van der Waals surface area contributed by atoms with E-state index >= 15 is 0 Å². The fraction of sp³-hybridized carbons (Fsp3) is 0.923. The van der Waals surface area contributed by atoms with E-state index in [4.69, 9.17) is 9.84 Å². The monoisotopic (exact) mass is 595 g/mol. The van der Waals surface area contributed by atoms with Gasteiger partial charge in [0.15, 0.2) is 0 Å². The van der Waals surface area contributed by atoms with Crippen LogP contribution in [-0.2, 0) is 9.53 Å². The van der Waals surface area contributed by atoms with Crippen LogP contribution in [0.15, 0.2) is 12.7 Å². The minimum absolute atomic E-state index is 0.300.